The van der Waals surface area contributed by atoms with Gasteiger partial charge in [-0.15, -0.1) is 0 Å². The Balaban J connectivity index is 1.94. The lowest BCUT2D eigenvalue weighted by atomic mass is 9.92. The van der Waals surface area contributed by atoms with E-state index in [4.69, 9.17) is 0 Å². The van der Waals surface area contributed by atoms with Gasteiger partial charge in [-0.05, 0) is 25.0 Å². The molecular weight excluding hydrogens is 226 g/mol. The molecule has 0 aliphatic rings. The Morgan fingerprint density at radius 1 is 1.44 bits per heavy atom. The van der Waals surface area contributed by atoms with Crippen molar-refractivity contribution in [1.82, 2.24) is 14.7 Å². The molecule has 0 amide bonds. The van der Waals surface area contributed by atoms with Crippen LogP contribution in [0, 0.1) is 5.92 Å². The number of rotatable bonds is 5. The number of nitrogens with zero attached hydrogens (tertiary/aromatic N) is 2. The van der Waals surface area contributed by atoms with E-state index < -0.39 is 5.60 Å². The molecule has 98 valence electrons. The summed E-state index contributed by atoms with van der Waals surface area (Å²) in [4.78, 5) is 4.50. The smallest absolute Gasteiger partial charge is 0.137 e. The first kappa shape index (κ1) is 13.1. The predicted molar refractivity (Wildman–Crippen MR) is 72.4 cm³/mol. The van der Waals surface area contributed by atoms with Crippen LogP contribution in [0.15, 0.2) is 30.6 Å². The highest BCUT2D eigenvalue weighted by atomic mass is 16.3. The first-order chi connectivity index (χ1) is 8.49. The second kappa shape index (κ2) is 5.08. The van der Waals surface area contributed by atoms with Gasteiger partial charge < -0.3 is 14.8 Å². The van der Waals surface area contributed by atoms with Crippen molar-refractivity contribution in [2.45, 2.75) is 32.9 Å². The Morgan fingerprint density at radius 2 is 2.22 bits per heavy atom. The minimum Gasteiger partial charge on any atom is -0.389 e. The average molecular weight is 247 g/mol. The Labute approximate surface area is 108 Å². The van der Waals surface area contributed by atoms with Crippen LogP contribution in [0.3, 0.4) is 0 Å². The van der Waals surface area contributed by atoms with Crippen molar-refractivity contribution in [2.24, 2.45) is 5.92 Å². The first-order valence-electron chi connectivity index (χ1n) is 6.35. The van der Waals surface area contributed by atoms with Gasteiger partial charge in [0, 0.05) is 25.5 Å². The van der Waals surface area contributed by atoms with E-state index in [0.29, 0.717) is 13.1 Å². The quantitative estimate of drug-likeness (QED) is 0.847. The first-order valence-corrected chi connectivity index (χ1v) is 6.35. The fourth-order valence-corrected chi connectivity index (χ4v) is 1.72. The lowest BCUT2D eigenvalue weighted by molar-refractivity contribution is 0.0139. The third-order valence-electron chi connectivity index (χ3n) is 3.45. The average Bonchev–Trinajstić information content (AvgIpc) is 2.70. The molecule has 0 aliphatic carbocycles. The molecule has 1 unspecified atom stereocenters. The van der Waals surface area contributed by atoms with Gasteiger partial charge in [-0.2, -0.15) is 0 Å². The SMILES string of the molecule is CC(C)C(C)(O)CNCc1cn2ccccc2n1. The van der Waals surface area contributed by atoms with Gasteiger partial charge in [0.1, 0.15) is 5.65 Å². The number of imidazole rings is 1. The fourth-order valence-electron chi connectivity index (χ4n) is 1.72. The van der Waals surface area contributed by atoms with E-state index in [1.807, 2.05) is 55.8 Å². The summed E-state index contributed by atoms with van der Waals surface area (Å²) in [5, 5.41) is 13.4. The van der Waals surface area contributed by atoms with Gasteiger partial charge >= 0.3 is 0 Å². The van der Waals surface area contributed by atoms with Crippen molar-refractivity contribution >= 4 is 5.65 Å². The third-order valence-corrected chi connectivity index (χ3v) is 3.45. The summed E-state index contributed by atoms with van der Waals surface area (Å²) in [5.41, 5.74) is 1.25. The summed E-state index contributed by atoms with van der Waals surface area (Å²) in [5.74, 6) is 0.228. The van der Waals surface area contributed by atoms with Gasteiger partial charge in [-0.25, -0.2) is 4.98 Å². The summed E-state index contributed by atoms with van der Waals surface area (Å²) in [6.07, 6.45) is 3.99. The van der Waals surface area contributed by atoms with E-state index in [1.54, 1.807) is 0 Å². The number of aromatic nitrogens is 2. The number of nitrogens with one attached hydrogen (secondary N) is 1. The van der Waals surface area contributed by atoms with Gasteiger partial charge in [0.15, 0.2) is 0 Å². The summed E-state index contributed by atoms with van der Waals surface area (Å²) in [6.45, 7) is 7.14. The zero-order chi connectivity index (χ0) is 13.2. The van der Waals surface area contributed by atoms with Gasteiger partial charge in [0.25, 0.3) is 0 Å². The summed E-state index contributed by atoms with van der Waals surface area (Å²) in [7, 11) is 0. The molecule has 2 heterocycles. The Bertz CT molecular complexity index is 483. The molecule has 1 atom stereocenters. The Morgan fingerprint density at radius 3 is 2.89 bits per heavy atom. The highest BCUT2D eigenvalue weighted by Crippen LogP contribution is 2.14. The van der Waals surface area contributed by atoms with Crippen LogP contribution in [-0.2, 0) is 6.54 Å². The topological polar surface area (TPSA) is 49.6 Å². The summed E-state index contributed by atoms with van der Waals surface area (Å²) >= 11 is 0. The maximum atomic E-state index is 10.1. The standard InChI is InChI=1S/C14H21N3O/c1-11(2)14(3,18)10-15-8-12-9-17-7-5-4-6-13(17)16-12/h4-7,9,11,15,18H,8,10H2,1-3H3. The number of hydrogen-bond donors (Lipinski definition) is 2. The zero-order valence-corrected chi connectivity index (χ0v) is 11.2. The largest absolute Gasteiger partial charge is 0.389 e. The molecule has 0 bridgehead atoms. The van der Waals surface area contributed by atoms with Crippen molar-refractivity contribution in [3.05, 3.63) is 36.3 Å². The molecule has 2 aromatic rings. The van der Waals surface area contributed by atoms with Crippen molar-refractivity contribution < 1.29 is 5.11 Å². The monoisotopic (exact) mass is 247 g/mol. The molecule has 0 fully saturated rings. The van der Waals surface area contributed by atoms with Crippen LogP contribution in [0.1, 0.15) is 26.5 Å². The molecule has 0 saturated carbocycles. The number of aliphatic hydroxyl groups is 1. The van der Waals surface area contributed by atoms with Gasteiger partial charge in [-0.1, -0.05) is 19.9 Å². The molecule has 0 radical (unpaired) electrons. The molecule has 0 aliphatic heterocycles. The molecule has 2 N–H and O–H groups in total. The van der Waals surface area contributed by atoms with Crippen LogP contribution in [0.2, 0.25) is 0 Å². The van der Waals surface area contributed by atoms with Crippen molar-refractivity contribution in [1.29, 1.82) is 0 Å². The van der Waals surface area contributed by atoms with Crippen LogP contribution in [0.4, 0.5) is 0 Å². The van der Waals surface area contributed by atoms with E-state index in [1.165, 1.54) is 0 Å². The molecule has 2 aromatic heterocycles. The minimum atomic E-state index is -0.681. The number of hydrogen-bond acceptors (Lipinski definition) is 3. The predicted octanol–water partition coefficient (Wildman–Crippen LogP) is 1.83. The fraction of sp³-hybridized carbons (Fsp3) is 0.500. The van der Waals surface area contributed by atoms with Crippen LogP contribution in [0.5, 0.6) is 0 Å². The zero-order valence-electron chi connectivity index (χ0n) is 11.2. The van der Waals surface area contributed by atoms with Crippen LogP contribution >= 0.6 is 0 Å². The lowest BCUT2D eigenvalue weighted by Crippen LogP contribution is -2.42. The maximum absolute atomic E-state index is 10.1. The summed E-state index contributed by atoms with van der Waals surface area (Å²) in [6, 6.07) is 5.94. The van der Waals surface area contributed by atoms with Crippen LogP contribution < -0.4 is 5.32 Å². The molecule has 2 rings (SSSR count). The highest BCUT2D eigenvalue weighted by molar-refractivity contribution is 5.39. The number of fused-ring (bicyclic) bond motifs is 1. The molecule has 0 aromatic carbocycles. The van der Waals surface area contributed by atoms with Gasteiger partial charge in [-0.3, -0.25) is 0 Å². The molecule has 4 heteroatoms. The van der Waals surface area contributed by atoms with Crippen LogP contribution in [-0.4, -0.2) is 26.6 Å². The van der Waals surface area contributed by atoms with Crippen molar-refractivity contribution in [3.8, 4) is 0 Å². The van der Waals surface area contributed by atoms with E-state index in [2.05, 4.69) is 10.3 Å². The van der Waals surface area contributed by atoms with Crippen molar-refractivity contribution in [2.75, 3.05) is 6.54 Å². The minimum absolute atomic E-state index is 0.228. The molecule has 4 nitrogen and oxygen atoms in total. The van der Waals surface area contributed by atoms with Gasteiger partial charge in [0.05, 0.1) is 11.3 Å². The Hall–Kier alpha value is -1.39. The second-order valence-corrected chi connectivity index (χ2v) is 5.31. The van der Waals surface area contributed by atoms with Crippen LogP contribution in [0.25, 0.3) is 5.65 Å². The second-order valence-electron chi connectivity index (χ2n) is 5.31. The molecule has 0 saturated heterocycles. The molecule has 18 heavy (non-hydrogen) atoms. The normalized spacial score (nSPS) is 15.2. The van der Waals surface area contributed by atoms with E-state index in [9.17, 15) is 5.11 Å². The number of pyridine rings is 1. The molecular formula is C14H21N3O. The van der Waals surface area contributed by atoms with E-state index in [0.717, 1.165) is 11.3 Å². The summed E-state index contributed by atoms with van der Waals surface area (Å²) < 4.78 is 2.00. The highest BCUT2D eigenvalue weighted by Gasteiger charge is 2.24. The Kier molecular flexibility index (Phi) is 3.68. The molecule has 0 spiro atoms. The third kappa shape index (κ3) is 2.89. The van der Waals surface area contributed by atoms with Gasteiger partial charge in [0.2, 0.25) is 0 Å². The van der Waals surface area contributed by atoms with E-state index in [-0.39, 0.29) is 5.92 Å². The maximum Gasteiger partial charge on any atom is 0.137 e. The van der Waals surface area contributed by atoms with E-state index >= 15 is 0 Å². The lowest BCUT2D eigenvalue weighted by Gasteiger charge is -2.27. The van der Waals surface area contributed by atoms with Crippen molar-refractivity contribution in [3.63, 3.8) is 0 Å².